The fraction of sp³-hybridized carbons (Fsp3) is 0.143. The summed E-state index contributed by atoms with van der Waals surface area (Å²) >= 11 is 1.47. The first kappa shape index (κ1) is 16.5. The van der Waals surface area contributed by atoms with Crippen molar-refractivity contribution in [2.45, 2.75) is 13.3 Å². The van der Waals surface area contributed by atoms with E-state index in [1.54, 1.807) is 0 Å². The molecule has 0 aliphatic heterocycles. The topological polar surface area (TPSA) is 57.8 Å². The summed E-state index contributed by atoms with van der Waals surface area (Å²) < 4.78 is 0. The Morgan fingerprint density at radius 3 is 2.73 bits per heavy atom. The van der Waals surface area contributed by atoms with Gasteiger partial charge in [-0.25, -0.2) is 4.98 Å². The van der Waals surface area contributed by atoms with Gasteiger partial charge >= 0.3 is 0 Å². The number of rotatable bonds is 5. The summed E-state index contributed by atoms with van der Waals surface area (Å²) in [6.07, 6.45) is 0.672. The van der Waals surface area contributed by atoms with Gasteiger partial charge in [0, 0.05) is 18.5 Å². The molecule has 1 amide bonds. The van der Waals surface area contributed by atoms with Gasteiger partial charge < -0.3 is 10.3 Å². The molecule has 0 atom stereocenters. The van der Waals surface area contributed by atoms with Crippen LogP contribution in [0.15, 0.2) is 60.0 Å². The van der Waals surface area contributed by atoms with Crippen molar-refractivity contribution in [2.75, 3.05) is 6.54 Å². The molecule has 0 spiro atoms. The van der Waals surface area contributed by atoms with Crippen LogP contribution in [-0.2, 0) is 6.42 Å². The average molecular weight is 361 g/mol. The number of H-pyrrole nitrogens is 1. The molecule has 2 N–H and O–H groups in total. The lowest BCUT2D eigenvalue weighted by Crippen LogP contribution is -2.25. The molecular weight excluding hydrogens is 342 g/mol. The second-order valence-electron chi connectivity index (χ2n) is 6.24. The van der Waals surface area contributed by atoms with Crippen LogP contribution in [0.2, 0.25) is 0 Å². The normalized spacial score (nSPS) is 11.0. The number of nitrogens with one attached hydrogen (secondary N) is 2. The molecule has 0 saturated carbocycles. The zero-order chi connectivity index (χ0) is 17.9. The highest BCUT2D eigenvalue weighted by Crippen LogP contribution is 2.28. The fourth-order valence-corrected chi connectivity index (χ4v) is 3.78. The van der Waals surface area contributed by atoms with Crippen molar-refractivity contribution in [2.24, 2.45) is 0 Å². The van der Waals surface area contributed by atoms with E-state index < -0.39 is 0 Å². The smallest absolute Gasteiger partial charge is 0.262 e. The highest BCUT2D eigenvalue weighted by molar-refractivity contribution is 7.12. The molecule has 26 heavy (non-hydrogen) atoms. The summed E-state index contributed by atoms with van der Waals surface area (Å²) in [4.78, 5) is 21.2. The Morgan fingerprint density at radius 1 is 1.12 bits per heavy atom. The number of aryl methyl sites for hydroxylation is 1. The Labute approximate surface area is 155 Å². The van der Waals surface area contributed by atoms with Crippen LogP contribution >= 0.6 is 11.3 Å². The quantitative estimate of drug-likeness (QED) is 0.547. The summed E-state index contributed by atoms with van der Waals surface area (Å²) in [5.41, 5.74) is 5.24. The molecule has 2 aromatic heterocycles. The van der Waals surface area contributed by atoms with E-state index in [1.807, 2.05) is 35.7 Å². The van der Waals surface area contributed by atoms with E-state index >= 15 is 0 Å². The largest absolute Gasteiger partial charge is 0.351 e. The summed E-state index contributed by atoms with van der Waals surface area (Å²) in [6, 6.07) is 18.2. The summed E-state index contributed by atoms with van der Waals surface area (Å²) in [5.74, 6) is 0.850. The number of para-hydroxylation sites is 2. The van der Waals surface area contributed by atoms with E-state index in [0.717, 1.165) is 32.9 Å². The van der Waals surface area contributed by atoms with Gasteiger partial charge in [0.2, 0.25) is 0 Å². The molecule has 130 valence electrons. The van der Waals surface area contributed by atoms with Crippen LogP contribution in [0.25, 0.3) is 22.2 Å². The van der Waals surface area contributed by atoms with E-state index in [0.29, 0.717) is 13.0 Å². The lowest BCUT2D eigenvalue weighted by atomic mass is 10.0. The minimum Gasteiger partial charge on any atom is -0.351 e. The first-order chi connectivity index (χ1) is 12.7. The van der Waals surface area contributed by atoms with E-state index in [-0.39, 0.29) is 5.91 Å². The van der Waals surface area contributed by atoms with Crippen LogP contribution in [0.4, 0.5) is 0 Å². The number of fused-ring (bicyclic) bond motifs is 1. The molecule has 0 unspecified atom stereocenters. The van der Waals surface area contributed by atoms with Crippen LogP contribution < -0.4 is 5.32 Å². The van der Waals surface area contributed by atoms with Gasteiger partial charge in [0.05, 0.1) is 15.9 Å². The Morgan fingerprint density at radius 2 is 1.92 bits per heavy atom. The van der Waals surface area contributed by atoms with Crippen LogP contribution in [0.3, 0.4) is 0 Å². The maximum atomic E-state index is 12.6. The Kier molecular flexibility index (Phi) is 4.54. The molecule has 5 heteroatoms. The molecule has 0 radical (unpaired) electrons. The number of imidazole rings is 1. The number of amides is 1. The number of aromatic amines is 1. The van der Waals surface area contributed by atoms with Crippen LogP contribution in [0.5, 0.6) is 0 Å². The highest BCUT2D eigenvalue weighted by atomic mass is 32.1. The van der Waals surface area contributed by atoms with E-state index in [2.05, 4.69) is 46.5 Å². The summed E-state index contributed by atoms with van der Waals surface area (Å²) in [6.45, 7) is 2.60. The third-order valence-electron chi connectivity index (χ3n) is 4.32. The molecule has 2 heterocycles. The van der Waals surface area contributed by atoms with Crippen molar-refractivity contribution in [1.82, 2.24) is 15.3 Å². The molecule has 0 saturated heterocycles. The summed E-state index contributed by atoms with van der Waals surface area (Å²) in [7, 11) is 0. The van der Waals surface area contributed by atoms with Gasteiger partial charge in [0.1, 0.15) is 5.82 Å². The number of hydrogen-bond acceptors (Lipinski definition) is 3. The van der Waals surface area contributed by atoms with Gasteiger partial charge in [0.15, 0.2) is 0 Å². The minimum absolute atomic E-state index is 0.0355. The molecule has 0 fully saturated rings. The molecule has 4 nitrogen and oxygen atoms in total. The molecular formula is C21H19N3OS. The van der Waals surface area contributed by atoms with Crippen molar-refractivity contribution < 1.29 is 4.79 Å². The fourth-order valence-electron chi connectivity index (χ4n) is 2.94. The van der Waals surface area contributed by atoms with Gasteiger partial charge in [0.25, 0.3) is 5.91 Å². The maximum absolute atomic E-state index is 12.6. The van der Waals surface area contributed by atoms with Crippen molar-refractivity contribution >= 4 is 28.3 Å². The van der Waals surface area contributed by atoms with Gasteiger partial charge in [-0.3, -0.25) is 4.79 Å². The van der Waals surface area contributed by atoms with Crippen LogP contribution in [0, 0.1) is 6.92 Å². The zero-order valence-electron chi connectivity index (χ0n) is 14.5. The van der Waals surface area contributed by atoms with E-state index in [1.165, 1.54) is 16.9 Å². The van der Waals surface area contributed by atoms with Gasteiger partial charge in [-0.15, -0.1) is 11.3 Å². The van der Waals surface area contributed by atoms with Crippen molar-refractivity contribution in [3.05, 3.63) is 76.2 Å². The van der Waals surface area contributed by atoms with Crippen molar-refractivity contribution in [1.29, 1.82) is 0 Å². The third kappa shape index (κ3) is 3.39. The highest BCUT2D eigenvalue weighted by Gasteiger charge is 2.14. The number of benzene rings is 2. The maximum Gasteiger partial charge on any atom is 0.262 e. The molecule has 0 aliphatic carbocycles. The van der Waals surface area contributed by atoms with E-state index in [9.17, 15) is 4.79 Å². The molecule has 4 rings (SSSR count). The first-order valence-electron chi connectivity index (χ1n) is 8.57. The van der Waals surface area contributed by atoms with Gasteiger partial charge in [-0.05, 0) is 36.1 Å². The predicted molar refractivity (Wildman–Crippen MR) is 107 cm³/mol. The lowest BCUT2D eigenvalue weighted by Gasteiger charge is -2.06. The number of carbonyl (C=O) groups excluding carboxylic acids is 1. The zero-order valence-corrected chi connectivity index (χ0v) is 15.3. The SMILES string of the molecule is Cc1ccc(-c2ccsc2C(=O)NCCc2nc3ccccc3[nH]2)cc1. The molecule has 2 aromatic carbocycles. The third-order valence-corrected chi connectivity index (χ3v) is 5.23. The number of thiophene rings is 1. The predicted octanol–water partition coefficient (Wildman–Crippen LogP) is 4.57. The molecule has 4 aromatic rings. The molecule has 0 aliphatic rings. The van der Waals surface area contributed by atoms with Crippen molar-refractivity contribution in [3.8, 4) is 11.1 Å². The Bertz CT molecular complexity index is 1010. The Hall–Kier alpha value is -2.92. The first-order valence-corrected chi connectivity index (χ1v) is 9.45. The van der Waals surface area contributed by atoms with Crippen molar-refractivity contribution in [3.63, 3.8) is 0 Å². The number of carbonyl (C=O) groups is 1. The standard InChI is InChI=1S/C21H19N3OS/c1-14-6-8-15(9-7-14)16-11-13-26-20(16)21(25)22-12-10-19-23-17-4-2-3-5-18(17)24-19/h2-9,11,13H,10,12H2,1H3,(H,22,25)(H,23,24). The number of aromatic nitrogens is 2. The summed E-state index contributed by atoms with van der Waals surface area (Å²) in [5, 5.41) is 4.97. The minimum atomic E-state index is -0.0355. The van der Waals surface area contributed by atoms with Gasteiger partial charge in [-0.2, -0.15) is 0 Å². The van der Waals surface area contributed by atoms with Crippen LogP contribution in [-0.4, -0.2) is 22.4 Å². The Balaban J connectivity index is 1.42. The second kappa shape index (κ2) is 7.14. The monoisotopic (exact) mass is 361 g/mol. The van der Waals surface area contributed by atoms with Gasteiger partial charge in [-0.1, -0.05) is 42.0 Å². The van der Waals surface area contributed by atoms with Crippen LogP contribution in [0.1, 0.15) is 21.1 Å². The number of hydrogen-bond donors (Lipinski definition) is 2. The molecule has 0 bridgehead atoms. The van der Waals surface area contributed by atoms with E-state index in [4.69, 9.17) is 0 Å². The second-order valence-corrected chi connectivity index (χ2v) is 7.15. The average Bonchev–Trinajstić information content (AvgIpc) is 3.29. The lowest BCUT2D eigenvalue weighted by molar-refractivity contribution is 0.0958. The number of nitrogens with zero attached hydrogens (tertiary/aromatic N) is 1.